The van der Waals surface area contributed by atoms with E-state index in [-0.39, 0.29) is 5.56 Å². The van der Waals surface area contributed by atoms with Gasteiger partial charge < -0.3 is 9.47 Å². The molecule has 3 aromatic rings. The highest BCUT2D eigenvalue weighted by Crippen LogP contribution is 2.35. The molecule has 0 unspecified atom stereocenters. The van der Waals surface area contributed by atoms with Crippen molar-refractivity contribution in [3.8, 4) is 11.5 Å². The van der Waals surface area contributed by atoms with Crippen molar-refractivity contribution in [3.63, 3.8) is 0 Å². The van der Waals surface area contributed by atoms with Gasteiger partial charge in [-0.05, 0) is 59.2 Å². The molecular weight excluding hydrogens is 365 g/mol. The van der Waals surface area contributed by atoms with E-state index < -0.39 is 17.7 Å². The molecule has 0 heterocycles. The van der Waals surface area contributed by atoms with E-state index in [4.69, 9.17) is 9.47 Å². The van der Waals surface area contributed by atoms with Gasteiger partial charge in [0.1, 0.15) is 12.4 Å². The minimum Gasteiger partial charge on any atom is -0.490 e. The fraction of sp³-hybridized carbons (Fsp3) is 0.217. The molecule has 0 atom stereocenters. The molecule has 0 aromatic heterocycles. The van der Waals surface area contributed by atoms with Crippen LogP contribution in [0.5, 0.6) is 11.5 Å². The van der Waals surface area contributed by atoms with Gasteiger partial charge in [-0.3, -0.25) is 0 Å². The van der Waals surface area contributed by atoms with E-state index in [1.165, 1.54) is 18.2 Å². The van der Waals surface area contributed by atoms with Crippen LogP contribution in [0.2, 0.25) is 0 Å². The van der Waals surface area contributed by atoms with E-state index in [2.05, 4.69) is 6.58 Å². The molecule has 0 radical (unpaired) electrons. The van der Waals surface area contributed by atoms with Gasteiger partial charge >= 0.3 is 6.11 Å². The van der Waals surface area contributed by atoms with Gasteiger partial charge in [0.15, 0.2) is 11.6 Å². The summed E-state index contributed by atoms with van der Waals surface area (Å²) < 4.78 is 53.6. The number of halogens is 3. The Labute approximate surface area is 162 Å². The van der Waals surface area contributed by atoms with E-state index in [9.17, 15) is 13.2 Å². The highest BCUT2D eigenvalue weighted by Gasteiger charge is 2.35. The topological polar surface area (TPSA) is 18.5 Å². The fourth-order valence-corrected chi connectivity index (χ4v) is 2.90. The summed E-state index contributed by atoms with van der Waals surface area (Å²) in [5.74, 6) is -0.830. The van der Waals surface area contributed by atoms with Crippen LogP contribution in [0.15, 0.2) is 67.3 Å². The van der Waals surface area contributed by atoms with E-state index in [1.807, 2.05) is 6.92 Å². The maximum atomic E-state index is 14.5. The zero-order valence-electron chi connectivity index (χ0n) is 15.6. The molecular formula is C23H21F3O2. The Morgan fingerprint density at radius 2 is 1.75 bits per heavy atom. The summed E-state index contributed by atoms with van der Waals surface area (Å²) in [5.41, 5.74) is 0.647. The first-order chi connectivity index (χ1) is 13.4. The molecule has 2 nitrogen and oxygen atoms in total. The van der Waals surface area contributed by atoms with Gasteiger partial charge in [0.05, 0.1) is 5.56 Å². The van der Waals surface area contributed by atoms with Crippen molar-refractivity contribution >= 4 is 10.8 Å². The van der Waals surface area contributed by atoms with Crippen molar-refractivity contribution in [2.75, 3.05) is 6.61 Å². The minimum atomic E-state index is -3.65. The second-order valence-electron chi connectivity index (χ2n) is 6.46. The summed E-state index contributed by atoms with van der Waals surface area (Å²) in [6.07, 6.45) is -0.315. The smallest absolute Gasteiger partial charge is 0.426 e. The summed E-state index contributed by atoms with van der Waals surface area (Å²) in [6.45, 7) is 5.90. The van der Waals surface area contributed by atoms with Crippen molar-refractivity contribution in [1.82, 2.24) is 0 Å². The van der Waals surface area contributed by atoms with Gasteiger partial charge in [-0.25, -0.2) is 4.39 Å². The summed E-state index contributed by atoms with van der Waals surface area (Å²) >= 11 is 0. The lowest BCUT2D eigenvalue weighted by Gasteiger charge is -2.19. The van der Waals surface area contributed by atoms with Crippen molar-refractivity contribution in [2.45, 2.75) is 25.9 Å². The number of hydrogen-bond donors (Lipinski definition) is 0. The Morgan fingerprint density at radius 1 is 1.00 bits per heavy atom. The highest BCUT2D eigenvalue weighted by atomic mass is 19.3. The quantitative estimate of drug-likeness (QED) is 0.405. The van der Waals surface area contributed by atoms with E-state index >= 15 is 0 Å². The van der Waals surface area contributed by atoms with Crippen LogP contribution < -0.4 is 9.47 Å². The number of benzene rings is 3. The molecule has 0 aliphatic carbocycles. The highest BCUT2D eigenvalue weighted by molar-refractivity contribution is 5.85. The lowest BCUT2D eigenvalue weighted by atomic mass is 10.1. The van der Waals surface area contributed by atoms with Crippen LogP contribution in [0.4, 0.5) is 13.2 Å². The molecule has 28 heavy (non-hydrogen) atoms. The van der Waals surface area contributed by atoms with E-state index in [1.54, 1.807) is 36.4 Å². The molecule has 0 N–H and O–H groups in total. The summed E-state index contributed by atoms with van der Waals surface area (Å²) in [7, 11) is 0. The van der Waals surface area contributed by atoms with Crippen LogP contribution in [-0.4, -0.2) is 6.61 Å². The van der Waals surface area contributed by atoms with Crippen molar-refractivity contribution in [2.24, 2.45) is 0 Å². The van der Waals surface area contributed by atoms with Crippen LogP contribution in [0, 0.1) is 5.82 Å². The van der Waals surface area contributed by atoms with Crippen LogP contribution >= 0.6 is 0 Å². The zero-order chi connectivity index (χ0) is 20.1. The van der Waals surface area contributed by atoms with Crippen LogP contribution in [0.3, 0.4) is 0 Å². The average Bonchev–Trinajstić information content (AvgIpc) is 2.67. The second-order valence-corrected chi connectivity index (χ2v) is 6.46. The molecule has 146 valence electrons. The molecule has 0 spiro atoms. The van der Waals surface area contributed by atoms with Crippen LogP contribution in [-0.2, 0) is 12.5 Å². The number of hydrogen-bond acceptors (Lipinski definition) is 2. The normalized spacial score (nSPS) is 11.4. The number of ether oxygens (including phenoxy) is 2. The third-order valence-electron chi connectivity index (χ3n) is 4.30. The van der Waals surface area contributed by atoms with Crippen LogP contribution in [0.25, 0.3) is 10.8 Å². The molecule has 3 aromatic carbocycles. The molecule has 0 bridgehead atoms. The first kappa shape index (κ1) is 19.8. The maximum Gasteiger partial charge on any atom is 0.426 e. The Kier molecular flexibility index (Phi) is 5.93. The predicted octanol–water partition coefficient (Wildman–Crippen LogP) is 6.62. The molecule has 0 fully saturated rings. The largest absolute Gasteiger partial charge is 0.490 e. The van der Waals surface area contributed by atoms with Crippen LogP contribution in [0.1, 0.15) is 24.5 Å². The standard InChI is InChI=1S/C23H21F3O2/c1-3-5-16-6-9-19(10-7-16)23(25,26)28-22-15-17-8-11-20(27-12-4-2)13-18(17)14-21(22)24/h4,6-11,13-15H,2-3,5,12H2,1H3. The van der Waals surface area contributed by atoms with E-state index in [0.717, 1.165) is 24.5 Å². The molecule has 0 saturated heterocycles. The Morgan fingerprint density at radius 3 is 2.43 bits per heavy atom. The van der Waals surface area contributed by atoms with Gasteiger partial charge in [-0.15, -0.1) is 0 Å². The molecule has 0 amide bonds. The van der Waals surface area contributed by atoms with Gasteiger partial charge in [0.2, 0.25) is 0 Å². The van der Waals surface area contributed by atoms with Crippen molar-refractivity contribution in [1.29, 1.82) is 0 Å². The Bertz CT molecular complexity index is 965. The maximum absolute atomic E-state index is 14.5. The van der Waals surface area contributed by atoms with Gasteiger partial charge in [0, 0.05) is 0 Å². The predicted molar refractivity (Wildman–Crippen MR) is 105 cm³/mol. The fourth-order valence-electron chi connectivity index (χ4n) is 2.90. The first-order valence-corrected chi connectivity index (χ1v) is 9.06. The Balaban J connectivity index is 1.85. The molecule has 0 aliphatic rings. The number of alkyl halides is 2. The first-order valence-electron chi connectivity index (χ1n) is 9.06. The number of rotatable bonds is 8. The van der Waals surface area contributed by atoms with Gasteiger partial charge in [-0.2, -0.15) is 8.78 Å². The average molecular weight is 386 g/mol. The Hall–Kier alpha value is -2.95. The summed E-state index contributed by atoms with van der Waals surface area (Å²) in [4.78, 5) is 0. The number of aryl methyl sites for hydroxylation is 1. The lowest BCUT2D eigenvalue weighted by molar-refractivity contribution is -0.186. The summed E-state index contributed by atoms with van der Waals surface area (Å²) in [6, 6.07) is 13.3. The molecule has 5 heteroatoms. The van der Waals surface area contributed by atoms with Gasteiger partial charge in [-0.1, -0.05) is 44.2 Å². The third-order valence-corrected chi connectivity index (χ3v) is 4.30. The SMILES string of the molecule is C=CCOc1ccc2cc(OC(F)(F)c3ccc(CCC)cc3)c(F)cc2c1. The minimum absolute atomic E-state index is 0.318. The van der Waals surface area contributed by atoms with Gasteiger partial charge in [0.25, 0.3) is 0 Å². The third kappa shape index (κ3) is 4.47. The zero-order valence-corrected chi connectivity index (χ0v) is 15.6. The van der Waals surface area contributed by atoms with Crippen molar-refractivity contribution < 1.29 is 22.6 Å². The second kappa shape index (κ2) is 8.38. The monoisotopic (exact) mass is 386 g/mol. The van der Waals surface area contributed by atoms with E-state index in [0.29, 0.717) is 23.1 Å². The molecule has 0 saturated carbocycles. The summed E-state index contributed by atoms with van der Waals surface area (Å²) in [5, 5.41) is 1.09. The molecule has 3 rings (SSSR count). The number of fused-ring (bicyclic) bond motifs is 1. The van der Waals surface area contributed by atoms with Crippen molar-refractivity contribution in [3.05, 3.63) is 84.2 Å². The molecule has 0 aliphatic heterocycles. The lowest BCUT2D eigenvalue weighted by Crippen LogP contribution is -2.22.